The molecule has 102 valence electrons. The van der Waals surface area contributed by atoms with Crippen LogP contribution >= 0.6 is 0 Å². The highest BCUT2D eigenvalue weighted by atomic mass is 16.5. The van der Waals surface area contributed by atoms with Crippen LogP contribution in [0.4, 0.5) is 0 Å². The molecule has 0 aliphatic carbocycles. The Labute approximate surface area is 111 Å². The van der Waals surface area contributed by atoms with Crippen molar-refractivity contribution in [2.24, 2.45) is 5.92 Å². The van der Waals surface area contributed by atoms with Gasteiger partial charge in [-0.05, 0) is 31.5 Å². The fourth-order valence-corrected chi connectivity index (χ4v) is 2.28. The second-order valence-corrected chi connectivity index (χ2v) is 4.85. The molecule has 0 radical (unpaired) electrons. The number of likely N-dealkylation sites (N-methyl/N-ethyl adjacent to an activating group) is 1. The average molecular weight is 250 g/mol. The van der Waals surface area contributed by atoms with E-state index >= 15 is 0 Å². The number of hydrogen-bond donors (Lipinski definition) is 1. The summed E-state index contributed by atoms with van der Waals surface area (Å²) in [7, 11) is 0. The summed E-state index contributed by atoms with van der Waals surface area (Å²) in [4.78, 5) is 4.41. The molecule has 0 saturated carbocycles. The van der Waals surface area contributed by atoms with E-state index in [-0.39, 0.29) is 6.10 Å². The van der Waals surface area contributed by atoms with Crippen LogP contribution in [-0.4, -0.2) is 30.3 Å². The zero-order valence-electron chi connectivity index (χ0n) is 12.0. The number of nitrogens with one attached hydrogen (secondary N) is 1. The third kappa shape index (κ3) is 4.75. The Kier molecular flexibility index (Phi) is 6.91. The third-order valence-corrected chi connectivity index (χ3v) is 3.03. The molecule has 1 heterocycles. The summed E-state index contributed by atoms with van der Waals surface area (Å²) in [5, 5.41) is 3.53. The summed E-state index contributed by atoms with van der Waals surface area (Å²) in [6, 6.07) is 6.39. The predicted molar refractivity (Wildman–Crippen MR) is 75.7 cm³/mol. The van der Waals surface area contributed by atoms with Crippen molar-refractivity contribution in [2.75, 3.05) is 13.2 Å². The number of rotatable bonds is 8. The zero-order valence-corrected chi connectivity index (χ0v) is 12.0. The van der Waals surface area contributed by atoms with Crippen molar-refractivity contribution in [2.45, 2.75) is 46.3 Å². The Morgan fingerprint density at radius 3 is 2.56 bits per heavy atom. The smallest absolute Gasteiger partial charge is 0.0754 e. The van der Waals surface area contributed by atoms with Gasteiger partial charge in [0, 0.05) is 31.0 Å². The van der Waals surface area contributed by atoms with Crippen molar-refractivity contribution in [3.8, 4) is 0 Å². The van der Waals surface area contributed by atoms with Crippen molar-refractivity contribution in [1.29, 1.82) is 0 Å². The van der Waals surface area contributed by atoms with Gasteiger partial charge >= 0.3 is 0 Å². The zero-order chi connectivity index (χ0) is 13.4. The molecular formula is C15H26N2O. The van der Waals surface area contributed by atoms with E-state index in [0.29, 0.717) is 12.0 Å². The predicted octanol–water partition coefficient (Wildman–Crippen LogP) is 2.66. The molecule has 3 heteroatoms. The maximum Gasteiger partial charge on any atom is 0.0754 e. The highest BCUT2D eigenvalue weighted by Gasteiger charge is 2.24. The van der Waals surface area contributed by atoms with Gasteiger partial charge in [0.05, 0.1) is 6.10 Å². The largest absolute Gasteiger partial charge is 0.377 e. The minimum atomic E-state index is 0.233. The van der Waals surface area contributed by atoms with Crippen LogP contribution in [-0.2, 0) is 11.2 Å². The first-order valence-corrected chi connectivity index (χ1v) is 6.93. The van der Waals surface area contributed by atoms with E-state index in [1.54, 1.807) is 0 Å². The lowest BCUT2D eigenvalue weighted by atomic mass is 9.95. The standard InChI is InChI=1S/C15H26N2O/c1-5-16-14(15(12(3)4)18-6-2)11-13-9-7-8-10-17-13/h7-10,12,14-16H,5-6,11H2,1-4H3. The van der Waals surface area contributed by atoms with E-state index in [1.165, 1.54) is 0 Å². The molecule has 2 atom stereocenters. The second kappa shape index (κ2) is 8.22. The SMILES string of the molecule is CCNC(Cc1ccccn1)C(OCC)C(C)C. The van der Waals surface area contributed by atoms with E-state index in [1.807, 2.05) is 18.3 Å². The van der Waals surface area contributed by atoms with E-state index in [4.69, 9.17) is 4.74 Å². The van der Waals surface area contributed by atoms with Gasteiger partial charge in [-0.3, -0.25) is 4.98 Å². The molecule has 0 saturated heterocycles. The Morgan fingerprint density at radius 1 is 1.28 bits per heavy atom. The van der Waals surface area contributed by atoms with E-state index < -0.39 is 0 Å². The molecule has 2 unspecified atom stereocenters. The van der Waals surface area contributed by atoms with Gasteiger partial charge in [0.2, 0.25) is 0 Å². The Bertz CT molecular complexity index is 314. The first-order chi connectivity index (χ1) is 8.69. The molecule has 0 fully saturated rings. The van der Waals surface area contributed by atoms with Crippen LogP contribution in [0.1, 0.15) is 33.4 Å². The summed E-state index contributed by atoms with van der Waals surface area (Å²) in [6.07, 6.45) is 3.00. The lowest BCUT2D eigenvalue weighted by Crippen LogP contribution is -2.45. The molecule has 18 heavy (non-hydrogen) atoms. The topological polar surface area (TPSA) is 34.2 Å². The van der Waals surface area contributed by atoms with Gasteiger partial charge in [-0.25, -0.2) is 0 Å². The molecule has 0 aliphatic rings. The van der Waals surface area contributed by atoms with Crippen molar-refractivity contribution < 1.29 is 4.74 Å². The summed E-state index contributed by atoms with van der Waals surface area (Å²) < 4.78 is 5.90. The first kappa shape index (κ1) is 15.1. The summed E-state index contributed by atoms with van der Waals surface area (Å²) in [5.41, 5.74) is 1.12. The highest BCUT2D eigenvalue weighted by Crippen LogP contribution is 2.15. The van der Waals surface area contributed by atoms with Crippen LogP contribution in [0.25, 0.3) is 0 Å². The first-order valence-electron chi connectivity index (χ1n) is 6.93. The maximum atomic E-state index is 5.90. The van der Waals surface area contributed by atoms with E-state index in [9.17, 15) is 0 Å². The lowest BCUT2D eigenvalue weighted by Gasteiger charge is -2.30. The van der Waals surface area contributed by atoms with Gasteiger partial charge in [-0.15, -0.1) is 0 Å². The summed E-state index contributed by atoms with van der Waals surface area (Å²) >= 11 is 0. The average Bonchev–Trinajstić information content (AvgIpc) is 2.36. The molecular weight excluding hydrogens is 224 g/mol. The Hall–Kier alpha value is -0.930. The number of ether oxygens (including phenoxy) is 1. The van der Waals surface area contributed by atoms with Gasteiger partial charge < -0.3 is 10.1 Å². The monoisotopic (exact) mass is 250 g/mol. The van der Waals surface area contributed by atoms with Gasteiger partial charge in [-0.1, -0.05) is 26.8 Å². The van der Waals surface area contributed by atoms with Crippen LogP contribution in [0.5, 0.6) is 0 Å². The summed E-state index contributed by atoms with van der Waals surface area (Å²) in [6.45, 7) is 10.3. The van der Waals surface area contributed by atoms with Gasteiger partial charge in [-0.2, -0.15) is 0 Å². The highest BCUT2D eigenvalue weighted by molar-refractivity contribution is 5.06. The molecule has 3 nitrogen and oxygen atoms in total. The van der Waals surface area contributed by atoms with Crippen LogP contribution in [0.3, 0.4) is 0 Å². The molecule has 0 bridgehead atoms. The second-order valence-electron chi connectivity index (χ2n) is 4.85. The third-order valence-electron chi connectivity index (χ3n) is 3.03. The molecule has 1 rings (SSSR count). The minimum absolute atomic E-state index is 0.233. The number of pyridine rings is 1. The normalized spacial score (nSPS) is 14.7. The summed E-state index contributed by atoms with van der Waals surface area (Å²) in [5.74, 6) is 0.498. The van der Waals surface area contributed by atoms with Crippen LogP contribution in [0, 0.1) is 5.92 Å². The molecule has 1 aromatic rings. The van der Waals surface area contributed by atoms with Gasteiger partial charge in [0.25, 0.3) is 0 Å². The fourth-order valence-electron chi connectivity index (χ4n) is 2.28. The fraction of sp³-hybridized carbons (Fsp3) is 0.667. The Balaban J connectivity index is 2.73. The number of aromatic nitrogens is 1. The van der Waals surface area contributed by atoms with Crippen LogP contribution in [0.15, 0.2) is 24.4 Å². The quantitative estimate of drug-likeness (QED) is 0.770. The van der Waals surface area contributed by atoms with Crippen molar-refractivity contribution >= 4 is 0 Å². The van der Waals surface area contributed by atoms with E-state index in [0.717, 1.165) is 25.3 Å². The molecule has 0 amide bonds. The molecule has 0 spiro atoms. The van der Waals surface area contributed by atoms with Crippen molar-refractivity contribution in [3.63, 3.8) is 0 Å². The molecule has 1 aromatic heterocycles. The number of hydrogen-bond acceptors (Lipinski definition) is 3. The lowest BCUT2D eigenvalue weighted by molar-refractivity contribution is 0.00374. The van der Waals surface area contributed by atoms with Crippen molar-refractivity contribution in [3.05, 3.63) is 30.1 Å². The van der Waals surface area contributed by atoms with Gasteiger partial charge in [0.1, 0.15) is 0 Å². The number of nitrogens with zero attached hydrogens (tertiary/aromatic N) is 1. The molecule has 1 N–H and O–H groups in total. The van der Waals surface area contributed by atoms with E-state index in [2.05, 4.69) is 44.1 Å². The minimum Gasteiger partial charge on any atom is -0.377 e. The van der Waals surface area contributed by atoms with Crippen molar-refractivity contribution in [1.82, 2.24) is 10.3 Å². The van der Waals surface area contributed by atoms with Crippen LogP contribution in [0.2, 0.25) is 0 Å². The maximum absolute atomic E-state index is 5.90. The Morgan fingerprint density at radius 2 is 2.06 bits per heavy atom. The molecule has 0 aliphatic heterocycles. The van der Waals surface area contributed by atoms with Crippen LogP contribution < -0.4 is 5.32 Å². The molecule has 0 aromatic carbocycles. The van der Waals surface area contributed by atoms with Gasteiger partial charge in [0.15, 0.2) is 0 Å².